The van der Waals surface area contributed by atoms with Crippen LogP contribution in [0.5, 0.6) is 11.5 Å². The van der Waals surface area contributed by atoms with E-state index in [2.05, 4.69) is 15.9 Å². The van der Waals surface area contributed by atoms with Gasteiger partial charge in [-0.3, -0.25) is 4.90 Å². The van der Waals surface area contributed by atoms with E-state index in [1.54, 1.807) is 20.8 Å². The summed E-state index contributed by atoms with van der Waals surface area (Å²) in [4.78, 5) is 13.9. The Morgan fingerprint density at radius 2 is 2.05 bits per heavy atom. The molecule has 0 bridgehead atoms. The molecule has 1 heterocycles. The number of fused-ring (bicyclic) bond motifs is 1. The van der Waals surface area contributed by atoms with Gasteiger partial charge in [0, 0.05) is 18.2 Å². The standard InChI is InChI=1S/C16H22BrNO4/c1-5-9-6-7-18(15(21)22-16(2,3)4)14-12(9)10(19)8-11(20)13(14)17/h8-9,19-20H,5-7H2,1-4H3/t9-/m1/s1. The first kappa shape index (κ1) is 16.9. The Labute approximate surface area is 139 Å². The molecule has 6 heteroatoms. The van der Waals surface area contributed by atoms with Crippen LogP contribution < -0.4 is 4.90 Å². The number of ether oxygens (including phenoxy) is 1. The van der Waals surface area contributed by atoms with Crippen molar-refractivity contribution in [2.24, 2.45) is 0 Å². The van der Waals surface area contributed by atoms with Gasteiger partial charge in [-0.2, -0.15) is 0 Å². The number of aromatic hydroxyl groups is 2. The van der Waals surface area contributed by atoms with E-state index in [4.69, 9.17) is 4.74 Å². The molecule has 1 aliphatic rings. The summed E-state index contributed by atoms with van der Waals surface area (Å²) in [6.07, 6.45) is 1.11. The summed E-state index contributed by atoms with van der Waals surface area (Å²) in [5, 5.41) is 20.2. The number of nitrogens with zero attached hydrogens (tertiary/aromatic N) is 1. The number of phenolic OH excluding ortho intramolecular Hbond substituents is 2. The number of benzene rings is 1. The maximum absolute atomic E-state index is 12.5. The molecule has 0 saturated carbocycles. The van der Waals surface area contributed by atoms with Crippen LogP contribution in [0.15, 0.2) is 10.5 Å². The lowest BCUT2D eigenvalue weighted by molar-refractivity contribution is 0.0576. The van der Waals surface area contributed by atoms with Crippen molar-refractivity contribution in [1.82, 2.24) is 0 Å². The monoisotopic (exact) mass is 371 g/mol. The number of phenols is 2. The van der Waals surface area contributed by atoms with Crippen LogP contribution in [0, 0.1) is 0 Å². The van der Waals surface area contributed by atoms with Gasteiger partial charge in [-0.25, -0.2) is 4.79 Å². The average molecular weight is 372 g/mol. The topological polar surface area (TPSA) is 70.0 Å². The highest BCUT2D eigenvalue weighted by molar-refractivity contribution is 9.10. The van der Waals surface area contributed by atoms with Gasteiger partial charge in [0.15, 0.2) is 0 Å². The predicted octanol–water partition coefficient (Wildman–Crippen LogP) is 4.50. The van der Waals surface area contributed by atoms with Gasteiger partial charge >= 0.3 is 6.09 Å². The molecule has 0 unspecified atom stereocenters. The van der Waals surface area contributed by atoms with Crippen LogP contribution in [0.1, 0.15) is 52.0 Å². The summed E-state index contributed by atoms with van der Waals surface area (Å²) in [7, 11) is 0. The van der Waals surface area contributed by atoms with E-state index >= 15 is 0 Å². The predicted molar refractivity (Wildman–Crippen MR) is 88.7 cm³/mol. The molecule has 1 aromatic carbocycles. The molecular formula is C16H22BrNO4. The Bertz CT molecular complexity index is 595. The van der Waals surface area contributed by atoms with Crippen LogP contribution in [0.25, 0.3) is 0 Å². The Balaban J connectivity index is 2.53. The van der Waals surface area contributed by atoms with Crippen molar-refractivity contribution in [3.8, 4) is 11.5 Å². The molecule has 0 spiro atoms. The van der Waals surface area contributed by atoms with Crippen LogP contribution in [-0.2, 0) is 4.74 Å². The first-order valence-corrected chi connectivity index (χ1v) is 8.19. The molecule has 5 nitrogen and oxygen atoms in total. The Morgan fingerprint density at radius 3 is 2.59 bits per heavy atom. The average Bonchev–Trinajstić information content (AvgIpc) is 2.41. The minimum absolute atomic E-state index is 0.0100. The van der Waals surface area contributed by atoms with Gasteiger partial charge in [0.1, 0.15) is 17.1 Å². The van der Waals surface area contributed by atoms with Crippen LogP contribution in [0.2, 0.25) is 0 Å². The molecule has 122 valence electrons. The molecular weight excluding hydrogens is 350 g/mol. The number of anilines is 1. The van der Waals surface area contributed by atoms with Crippen molar-refractivity contribution in [2.75, 3.05) is 11.4 Å². The number of hydrogen-bond donors (Lipinski definition) is 2. The highest BCUT2D eigenvalue weighted by atomic mass is 79.9. The summed E-state index contributed by atoms with van der Waals surface area (Å²) in [5.74, 6) is 0.0583. The molecule has 1 aromatic rings. The summed E-state index contributed by atoms with van der Waals surface area (Å²) in [5.41, 5.74) is 0.582. The fourth-order valence-electron chi connectivity index (χ4n) is 2.75. The van der Waals surface area contributed by atoms with Gasteiger partial charge in [0.05, 0.1) is 10.2 Å². The number of rotatable bonds is 1. The van der Waals surface area contributed by atoms with E-state index in [1.807, 2.05) is 6.92 Å². The Hall–Kier alpha value is -1.43. The molecule has 1 aliphatic heterocycles. The lowest BCUT2D eigenvalue weighted by atomic mass is 9.87. The second-order valence-corrected chi connectivity index (χ2v) is 7.31. The highest BCUT2D eigenvalue weighted by Crippen LogP contribution is 2.50. The molecule has 2 rings (SSSR count). The third kappa shape index (κ3) is 3.16. The number of hydrogen-bond acceptors (Lipinski definition) is 4. The lowest BCUT2D eigenvalue weighted by Gasteiger charge is -2.36. The first-order chi connectivity index (χ1) is 10.2. The van der Waals surface area contributed by atoms with E-state index < -0.39 is 11.7 Å². The SMILES string of the molecule is CC[C@@H]1CCN(C(=O)OC(C)(C)C)c2c(Br)c(O)cc(O)c21. The van der Waals surface area contributed by atoms with Crippen LogP contribution in [-0.4, -0.2) is 28.5 Å². The number of carbonyl (C=O) groups excluding carboxylic acids is 1. The molecule has 0 radical (unpaired) electrons. The Morgan fingerprint density at radius 1 is 1.41 bits per heavy atom. The minimum atomic E-state index is -0.607. The summed E-state index contributed by atoms with van der Waals surface area (Å²) < 4.78 is 5.85. The van der Waals surface area contributed by atoms with E-state index in [0.717, 1.165) is 12.8 Å². The second-order valence-electron chi connectivity index (χ2n) is 6.52. The third-order valence-electron chi connectivity index (χ3n) is 3.72. The minimum Gasteiger partial charge on any atom is -0.507 e. The van der Waals surface area contributed by atoms with Gasteiger partial charge in [-0.15, -0.1) is 0 Å². The van der Waals surface area contributed by atoms with Crippen molar-refractivity contribution in [3.63, 3.8) is 0 Å². The van der Waals surface area contributed by atoms with E-state index in [-0.39, 0.29) is 17.4 Å². The van der Waals surface area contributed by atoms with Gasteiger partial charge in [0.2, 0.25) is 0 Å². The molecule has 1 amide bonds. The fraction of sp³-hybridized carbons (Fsp3) is 0.562. The largest absolute Gasteiger partial charge is 0.507 e. The fourth-order valence-corrected chi connectivity index (χ4v) is 3.29. The molecule has 1 atom stereocenters. The molecule has 2 N–H and O–H groups in total. The van der Waals surface area contributed by atoms with E-state index in [1.165, 1.54) is 11.0 Å². The van der Waals surface area contributed by atoms with Gasteiger partial charge < -0.3 is 14.9 Å². The van der Waals surface area contributed by atoms with E-state index in [9.17, 15) is 15.0 Å². The molecule has 22 heavy (non-hydrogen) atoms. The summed E-state index contributed by atoms with van der Waals surface area (Å²) in [6.45, 7) is 7.94. The van der Waals surface area contributed by atoms with Crippen molar-refractivity contribution in [1.29, 1.82) is 0 Å². The van der Waals surface area contributed by atoms with Gasteiger partial charge in [0.25, 0.3) is 0 Å². The first-order valence-electron chi connectivity index (χ1n) is 7.40. The molecule has 0 aliphatic carbocycles. The summed E-state index contributed by atoms with van der Waals surface area (Å²) in [6, 6.07) is 1.31. The molecule has 0 aromatic heterocycles. The number of amides is 1. The van der Waals surface area contributed by atoms with Crippen molar-refractivity contribution >= 4 is 27.7 Å². The van der Waals surface area contributed by atoms with Gasteiger partial charge in [-0.1, -0.05) is 6.92 Å². The smallest absolute Gasteiger partial charge is 0.414 e. The van der Waals surface area contributed by atoms with E-state index in [0.29, 0.717) is 22.3 Å². The highest BCUT2D eigenvalue weighted by Gasteiger charge is 2.35. The Kier molecular flexibility index (Phi) is 4.61. The normalized spacial score (nSPS) is 18.0. The van der Waals surface area contributed by atoms with Crippen LogP contribution in [0.4, 0.5) is 10.5 Å². The van der Waals surface area contributed by atoms with Crippen molar-refractivity contribution in [3.05, 3.63) is 16.1 Å². The maximum atomic E-state index is 12.5. The molecule has 0 saturated heterocycles. The maximum Gasteiger partial charge on any atom is 0.414 e. The number of carbonyl (C=O) groups is 1. The number of halogens is 1. The molecule has 0 fully saturated rings. The van der Waals surface area contributed by atoms with Crippen LogP contribution >= 0.6 is 15.9 Å². The zero-order valence-corrected chi connectivity index (χ0v) is 14.9. The zero-order valence-electron chi connectivity index (χ0n) is 13.3. The lowest BCUT2D eigenvalue weighted by Crippen LogP contribution is -2.40. The zero-order chi connectivity index (χ0) is 16.7. The quantitative estimate of drug-likeness (QED) is 0.762. The van der Waals surface area contributed by atoms with Crippen LogP contribution in [0.3, 0.4) is 0 Å². The van der Waals surface area contributed by atoms with Crippen molar-refractivity contribution in [2.45, 2.75) is 52.1 Å². The summed E-state index contributed by atoms with van der Waals surface area (Å²) >= 11 is 3.33. The second kappa shape index (κ2) is 5.99. The van der Waals surface area contributed by atoms with Gasteiger partial charge in [-0.05, 0) is 55.5 Å². The van der Waals surface area contributed by atoms with Crippen molar-refractivity contribution < 1.29 is 19.7 Å². The third-order valence-corrected chi connectivity index (χ3v) is 4.51.